The molecule has 0 fully saturated rings. The number of hydrogen-bond donors (Lipinski definition) is 3. The van der Waals surface area contributed by atoms with Crippen molar-refractivity contribution in [2.24, 2.45) is 5.73 Å². The number of halogens is 1. The van der Waals surface area contributed by atoms with Crippen molar-refractivity contribution in [3.8, 4) is 0 Å². The SMILES string of the molecule is NC(=O)c1ccc(NCc2cccc(C(=O)O)c2)c(Br)c1. The largest absolute Gasteiger partial charge is 0.478 e. The van der Waals surface area contributed by atoms with E-state index in [1.807, 2.05) is 6.07 Å². The topological polar surface area (TPSA) is 92.4 Å². The van der Waals surface area contributed by atoms with Crippen LogP contribution in [0.25, 0.3) is 0 Å². The van der Waals surface area contributed by atoms with Crippen molar-refractivity contribution in [3.63, 3.8) is 0 Å². The zero-order valence-electron chi connectivity index (χ0n) is 11.0. The normalized spacial score (nSPS) is 10.1. The summed E-state index contributed by atoms with van der Waals surface area (Å²) in [7, 11) is 0. The van der Waals surface area contributed by atoms with E-state index >= 15 is 0 Å². The van der Waals surface area contributed by atoms with Crippen LogP contribution in [0.2, 0.25) is 0 Å². The first-order chi connectivity index (χ1) is 9.97. The Labute approximate surface area is 129 Å². The Morgan fingerprint density at radius 2 is 1.90 bits per heavy atom. The van der Waals surface area contributed by atoms with Gasteiger partial charge in [-0.25, -0.2) is 4.79 Å². The van der Waals surface area contributed by atoms with E-state index in [0.29, 0.717) is 16.6 Å². The number of amides is 1. The molecule has 0 bridgehead atoms. The van der Waals surface area contributed by atoms with Crippen LogP contribution in [-0.2, 0) is 6.54 Å². The number of primary amides is 1. The molecule has 4 N–H and O–H groups in total. The second kappa shape index (κ2) is 6.41. The third-order valence-electron chi connectivity index (χ3n) is 2.91. The summed E-state index contributed by atoms with van der Waals surface area (Å²) in [5.41, 5.74) is 7.51. The number of carbonyl (C=O) groups is 2. The highest BCUT2D eigenvalue weighted by Gasteiger charge is 2.06. The van der Waals surface area contributed by atoms with E-state index in [9.17, 15) is 9.59 Å². The highest BCUT2D eigenvalue weighted by atomic mass is 79.9. The lowest BCUT2D eigenvalue weighted by atomic mass is 10.1. The predicted octanol–water partition coefficient (Wildman–Crippen LogP) is 2.86. The third kappa shape index (κ3) is 3.82. The molecule has 21 heavy (non-hydrogen) atoms. The maximum Gasteiger partial charge on any atom is 0.335 e. The molecule has 0 aliphatic rings. The Morgan fingerprint density at radius 1 is 1.14 bits per heavy atom. The van der Waals surface area contributed by atoms with E-state index in [0.717, 1.165) is 11.3 Å². The van der Waals surface area contributed by atoms with Crippen LogP contribution in [0.1, 0.15) is 26.3 Å². The van der Waals surface area contributed by atoms with Crippen molar-refractivity contribution >= 4 is 33.5 Å². The van der Waals surface area contributed by atoms with Gasteiger partial charge in [0.25, 0.3) is 0 Å². The Hall–Kier alpha value is -2.34. The molecular formula is C15H13BrN2O3. The van der Waals surface area contributed by atoms with E-state index in [-0.39, 0.29) is 5.56 Å². The van der Waals surface area contributed by atoms with Crippen LogP contribution in [0.5, 0.6) is 0 Å². The molecule has 108 valence electrons. The number of carboxylic acids is 1. The lowest BCUT2D eigenvalue weighted by Crippen LogP contribution is -2.11. The van der Waals surface area contributed by atoms with Crippen molar-refractivity contribution in [1.29, 1.82) is 0 Å². The molecule has 6 heteroatoms. The first-order valence-corrected chi connectivity index (χ1v) is 6.92. The van der Waals surface area contributed by atoms with E-state index in [1.165, 1.54) is 0 Å². The van der Waals surface area contributed by atoms with E-state index in [1.54, 1.807) is 36.4 Å². The van der Waals surface area contributed by atoms with Gasteiger partial charge in [0, 0.05) is 22.3 Å². The van der Waals surface area contributed by atoms with Gasteiger partial charge < -0.3 is 16.2 Å². The summed E-state index contributed by atoms with van der Waals surface area (Å²) in [5.74, 6) is -1.44. The Bertz CT molecular complexity index is 701. The van der Waals surface area contributed by atoms with Crippen molar-refractivity contribution < 1.29 is 14.7 Å². The van der Waals surface area contributed by atoms with Crippen LogP contribution in [0.4, 0.5) is 5.69 Å². The fourth-order valence-corrected chi connectivity index (χ4v) is 2.34. The molecule has 5 nitrogen and oxygen atoms in total. The molecule has 0 aromatic heterocycles. The second-order valence-electron chi connectivity index (χ2n) is 4.42. The van der Waals surface area contributed by atoms with Gasteiger partial charge in [-0.2, -0.15) is 0 Å². The highest BCUT2D eigenvalue weighted by molar-refractivity contribution is 9.10. The molecule has 2 rings (SSSR count). The van der Waals surface area contributed by atoms with Gasteiger partial charge in [0.15, 0.2) is 0 Å². The van der Waals surface area contributed by atoms with Gasteiger partial charge in [-0.05, 0) is 51.8 Å². The van der Waals surface area contributed by atoms with Crippen LogP contribution in [-0.4, -0.2) is 17.0 Å². The molecular weight excluding hydrogens is 336 g/mol. The van der Waals surface area contributed by atoms with E-state index < -0.39 is 11.9 Å². The molecule has 0 atom stereocenters. The van der Waals surface area contributed by atoms with Crippen LogP contribution in [0.15, 0.2) is 46.9 Å². The molecule has 2 aromatic carbocycles. The molecule has 1 amide bonds. The van der Waals surface area contributed by atoms with Crippen molar-refractivity contribution in [2.75, 3.05) is 5.32 Å². The smallest absolute Gasteiger partial charge is 0.335 e. The Balaban J connectivity index is 2.11. The van der Waals surface area contributed by atoms with Gasteiger partial charge in [0.1, 0.15) is 0 Å². The molecule has 0 heterocycles. The number of hydrogen-bond acceptors (Lipinski definition) is 3. The summed E-state index contributed by atoms with van der Waals surface area (Å²) >= 11 is 3.36. The minimum absolute atomic E-state index is 0.248. The first kappa shape index (κ1) is 15.1. The van der Waals surface area contributed by atoms with Crippen molar-refractivity contribution in [1.82, 2.24) is 0 Å². The fraction of sp³-hybridized carbons (Fsp3) is 0.0667. The lowest BCUT2D eigenvalue weighted by Gasteiger charge is -2.10. The number of carboxylic acid groups (broad SMARTS) is 1. The van der Waals surface area contributed by atoms with Gasteiger partial charge in [0.2, 0.25) is 5.91 Å². The summed E-state index contributed by atoms with van der Waals surface area (Å²) in [6.45, 7) is 0.468. The molecule has 0 saturated heterocycles. The van der Waals surface area contributed by atoms with Crippen LogP contribution in [0.3, 0.4) is 0 Å². The summed E-state index contributed by atoms with van der Waals surface area (Å²) in [6, 6.07) is 11.7. The van der Waals surface area contributed by atoms with Crippen LogP contribution < -0.4 is 11.1 Å². The van der Waals surface area contributed by atoms with E-state index in [2.05, 4.69) is 21.2 Å². The second-order valence-corrected chi connectivity index (χ2v) is 5.27. The van der Waals surface area contributed by atoms with Gasteiger partial charge in [-0.3, -0.25) is 4.79 Å². The minimum Gasteiger partial charge on any atom is -0.478 e. The van der Waals surface area contributed by atoms with Crippen LogP contribution >= 0.6 is 15.9 Å². The van der Waals surface area contributed by atoms with Gasteiger partial charge in [-0.15, -0.1) is 0 Å². The monoisotopic (exact) mass is 348 g/mol. The summed E-state index contributed by atoms with van der Waals surface area (Å²) in [6.07, 6.45) is 0. The number of carbonyl (C=O) groups excluding carboxylic acids is 1. The maximum absolute atomic E-state index is 11.1. The molecule has 0 saturated carbocycles. The molecule has 0 aliphatic carbocycles. The quantitative estimate of drug-likeness (QED) is 0.774. The van der Waals surface area contributed by atoms with Gasteiger partial charge in [-0.1, -0.05) is 12.1 Å². The average molecular weight is 349 g/mol. The number of aromatic carboxylic acids is 1. The van der Waals surface area contributed by atoms with Crippen LogP contribution in [0, 0.1) is 0 Å². The molecule has 0 radical (unpaired) electrons. The number of nitrogens with two attached hydrogens (primary N) is 1. The lowest BCUT2D eigenvalue weighted by molar-refractivity contribution is 0.0696. The first-order valence-electron chi connectivity index (χ1n) is 6.13. The van der Waals surface area contributed by atoms with Gasteiger partial charge in [0.05, 0.1) is 5.56 Å². The Morgan fingerprint density at radius 3 is 2.52 bits per heavy atom. The number of nitrogens with one attached hydrogen (secondary N) is 1. The average Bonchev–Trinajstić information content (AvgIpc) is 2.46. The minimum atomic E-state index is -0.955. The molecule has 0 aliphatic heterocycles. The van der Waals surface area contributed by atoms with E-state index in [4.69, 9.17) is 10.8 Å². The third-order valence-corrected chi connectivity index (χ3v) is 3.57. The predicted molar refractivity (Wildman–Crippen MR) is 83.4 cm³/mol. The molecule has 0 unspecified atom stereocenters. The van der Waals surface area contributed by atoms with Gasteiger partial charge >= 0.3 is 5.97 Å². The Kier molecular flexibility index (Phi) is 4.59. The van der Waals surface area contributed by atoms with Crippen molar-refractivity contribution in [2.45, 2.75) is 6.54 Å². The standard InChI is InChI=1S/C15H13BrN2O3/c16-12-7-10(14(17)19)4-5-13(12)18-8-9-2-1-3-11(6-9)15(20)21/h1-7,18H,8H2,(H2,17,19)(H,20,21). The fourth-order valence-electron chi connectivity index (χ4n) is 1.82. The molecule has 0 spiro atoms. The number of benzene rings is 2. The number of anilines is 1. The van der Waals surface area contributed by atoms with Crippen molar-refractivity contribution in [3.05, 3.63) is 63.6 Å². The summed E-state index contributed by atoms with van der Waals surface area (Å²) in [5, 5.41) is 12.1. The highest BCUT2D eigenvalue weighted by Crippen LogP contribution is 2.24. The molecule has 2 aromatic rings. The summed E-state index contributed by atoms with van der Waals surface area (Å²) in [4.78, 5) is 22.0. The number of rotatable bonds is 5. The maximum atomic E-state index is 11.1. The zero-order chi connectivity index (χ0) is 15.4. The summed E-state index contributed by atoms with van der Waals surface area (Å²) < 4.78 is 0.716. The zero-order valence-corrected chi connectivity index (χ0v) is 12.6.